The van der Waals surface area contributed by atoms with Gasteiger partial charge < -0.3 is 18.6 Å². The molecule has 0 aliphatic carbocycles. The minimum Gasteiger partial charge on any atom is -0.489 e. The van der Waals surface area contributed by atoms with Gasteiger partial charge in [0.1, 0.15) is 16.9 Å². The first-order valence-corrected chi connectivity index (χ1v) is 15.4. The second-order valence-electron chi connectivity index (χ2n) is 11.6. The molecule has 2 aromatic rings. The number of benzene rings is 1. The molecule has 1 aromatic carbocycles. The Morgan fingerprint density at radius 3 is 1.63 bits per heavy atom. The molecule has 0 aliphatic rings. The third-order valence-corrected chi connectivity index (χ3v) is 6.70. The molecule has 0 atom stereocenters. The lowest BCUT2D eigenvalue weighted by Crippen LogP contribution is -2.22. The van der Waals surface area contributed by atoms with Crippen molar-refractivity contribution in [1.29, 1.82) is 0 Å². The lowest BCUT2D eigenvalue weighted by molar-refractivity contribution is 0.131. The molecule has 0 saturated carbocycles. The van der Waals surface area contributed by atoms with Gasteiger partial charge in [0, 0.05) is 6.07 Å². The molecule has 0 unspecified atom stereocenters. The van der Waals surface area contributed by atoms with Gasteiger partial charge in [0.05, 0.1) is 18.6 Å². The van der Waals surface area contributed by atoms with E-state index in [9.17, 15) is 4.79 Å². The minimum atomic E-state index is -0.490. The molecule has 0 amide bonds. The van der Waals surface area contributed by atoms with Crippen molar-refractivity contribution >= 4 is 11.0 Å². The molecule has 216 valence electrons. The smallest absolute Gasteiger partial charge is 0.383 e. The molecular weight excluding hydrogens is 476 g/mol. The van der Waals surface area contributed by atoms with Crippen molar-refractivity contribution in [3.63, 3.8) is 0 Å². The molecule has 1 aromatic heterocycles. The highest BCUT2D eigenvalue weighted by Crippen LogP contribution is 2.35. The number of rotatable bonds is 21. The van der Waals surface area contributed by atoms with Crippen molar-refractivity contribution in [1.82, 2.24) is 0 Å². The van der Waals surface area contributed by atoms with Crippen LogP contribution < -0.4 is 19.8 Å². The maximum atomic E-state index is 13.0. The number of unbranched alkanes of at least 4 members (excludes halogenated alkanes) is 14. The molecule has 5 nitrogen and oxygen atoms in total. The van der Waals surface area contributed by atoms with Crippen LogP contribution in [-0.4, -0.2) is 18.8 Å². The molecule has 0 N–H and O–H groups in total. The standard InChI is InChI=1S/C33H54O5/c1-6-8-10-12-14-16-18-20-24-35-30-28-23-22-27(38-33(3,4)5)26-29(28)37-32(34)31(30)36-25-21-19-17-15-13-11-9-7-2/h22-23,26H,6-21,24-25H2,1-5H3. The summed E-state index contributed by atoms with van der Waals surface area (Å²) < 4.78 is 23.9. The molecule has 0 aliphatic heterocycles. The van der Waals surface area contributed by atoms with Crippen LogP contribution in [0.2, 0.25) is 0 Å². The zero-order valence-corrected chi connectivity index (χ0v) is 25.0. The Hall–Kier alpha value is -2.17. The zero-order chi connectivity index (χ0) is 27.6. The Morgan fingerprint density at radius 2 is 1.13 bits per heavy atom. The van der Waals surface area contributed by atoms with E-state index in [1.165, 1.54) is 77.0 Å². The van der Waals surface area contributed by atoms with Crippen LogP contribution in [0.1, 0.15) is 137 Å². The fraction of sp³-hybridized carbons (Fsp3) is 0.727. The Bertz CT molecular complexity index is 956. The average Bonchev–Trinajstić information content (AvgIpc) is 2.86. The molecule has 38 heavy (non-hydrogen) atoms. The summed E-state index contributed by atoms with van der Waals surface area (Å²) in [5.41, 5.74) is -0.374. The first kappa shape index (κ1) is 32.0. The Labute approximate surface area is 231 Å². The molecular formula is C33H54O5. The normalized spacial score (nSPS) is 11.7. The highest BCUT2D eigenvalue weighted by Gasteiger charge is 2.20. The summed E-state index contributed by atoms with van der Waals surface area (Å²) in [5, 5.41) is 0.747. The highest BCUT2D eigenvalue weighted by atomic mass is 16.5. The summed E-state index contributed by atoms with van der Waals surface area (Å²) in [6, 6.07) is 5.58. The van der Waals surface area contributed by atoms with Crippen LogP contribution in [0.15, 0.2) is 27.4 Å². The first-order valence-electron chi connectivity index (χ1n) is 15.4. The summed E-state index contributed by atoms with van der Waals surface area (Å²) in [6.07, 6.45) is 19.6. The van der Waals surface area contributed by atoms with Crippen LogP contribution in [0.3, 0.4) is 0 Å². The fourth-order valence-corrected chi connectivity index (χ4v) is 4.64. The van der Waals surface area contributed by atoms with E-state index in [-0.39, 0.29) is 11.4 Å². The van der Waals surface area contributed by atoms with Crippen LogP contribution in [0, 0.1) is 0 Å². The molecule has 0 radical (unpaired) electrons. The van der Waals surface area contributed by atoms with E-state index in [1.54, 1.807) is 6.07 Å². The summed E-state index contributed by atoms with van der Waals surface area (Å²) in [4.78, 5) is 13.0. The zero-order valence-electron chi connectivity index (χ0n) is 25.0. The first-order chi connectivity index (χ1) is 18.4. The third kappa shape index (κ3) is 12.6. The van der Waals surface area contributed by atoms with Crippen LogP contribution in [-0.2, 0) is 0 Å². The predicted molar refractivity (Wildman–Crippen MR) is 159 cm³/mol. The van der Waals surface area contributed by atoms with Gasteiger partial charge in [-0.25, -0.2) is 4.79 Å². The van der Waals surface area contributed by atoms with E-state index < -0.39 is 5.63 Å². The summed E-state index contributed by atoms with van der Waals surface area (Å²) in [6.45, 7) is 11.5. The van der Waals surface area contributed by atoms with E-state index in [2.05, 4.69) is 13.8 Å². The molecule has 0 spiro atoms. The third-order valence-electron chi connectivity index (χ3n) is 6.70. The Morgan fingerprint density at radius 1 is 0.658 bits per heavy atom. The summed E-state index contributed by atoms with van der Waals surface area (Å²) in [5.74, 6) is 1.36. The van der Waals surface area contributed by atoms with E-state index in [0.29, 0.717) is 30.3 Å². The summed E-state index contributed by atoms with van der Waals surface area (Å²) in [7, 11) is 0. The lowest BCUT2D eigenvalue weighted by atomic mass is 10.1. The van der Waals surface area contributed by atoms with Crippen molar-refractivity contribution in [2.45, 2.75) is 143 Å². The maximum absolute atomic E-state index is 13.0. The van der Waals surface area contributed by atoms with Crippen molar-refractivity contribution in [3.05, 3.63) is 28.6 Å². The largest absolute Gasteiger partial charge is 0.489 e. The predicted octanol–water partition coefficient (Wildman–Crippen LogP) is 10.0. The Balaban J connectivity index is 2.01. The van der Waals surface area contributed by atoms with Crippen molar-refractivity contribution in [2.24, 2.45) is 0 Å². The van der Waals surface area contributed by atoms with Crippen LogP contribution in [0.4, 0.5) is 0 Å². The highest BCUT2D eigenvalue weighted by molar-refractivity contribution is 5.86. The van der Waals surface area contributed by atoms with E-state index in [4.69, 9.17) is 18.6 Å². The molecule has 2 rings (SSSR count). The fourth-order valence-electron chi connectivity index (χ4n) is 4.64. The lowest BCUT2D eigenvalue weighted by Gasteiger charge is -2.21. The van der Waals surface area contributed by atoms with E-state index in [0.717, 1.165) is 31.1 Å². The molecule has 0 bridgehead atoms. The van der Waals surface area contributed by atoms with Gasteiger partial charge in [-0.3, -0.25) is 0 Å². The molecule has 0 fully saturated rings. The van der Waals surface area contributed by atoms with E-state index >= 15 is 0 Å². The number of hydrogen-bond donors (Lipinski definition) is 0. The van der Waals surface area contributed by atoms with Crippen molar-refractivity contribution in [3.8, 4) is 17.2 Å². The molecule has 1 heterocycles. The molecule has 5 heteroatoms. The van der Waals surface area contributed by atoms with Crippen LogP contribution >= 0.6 is 0 Å². The SMILES string of the molecule is CCCCCCCCCCOc1c(OCCCCCCCCCC)c2ccc(OC(C)(C)C)cc2oc1=O. The second-order valence-corrected chi connectivity index (χ2v) is 11.6. The van der Waals surface area contributed by atoms with Crippen LogP contribution in [0.25, 0.3) is 11.0 Å². The van der Waals surface area contributed by atoms with Gasteiger partial charge in [-0.15, -0.1) is 0 Å². The second kappa shape index (κ2) is 18.2. The van der Waals surface area contributed by atoms with Gasteiger partial charge in [0.15, 0.2) is 5.75 Å². The Kier molecular flexibility index (Phi) is 15.3. The number of fused-ring (bicyclic) bond motifs is 1. The monoisotopic (exact) mass is 530 g/mol. The van der Waals surface area contributed by atoms with Gasteiger partial charge in [0.2, 0.25) is 5.75 Å². The summed E-state index contributed by atoms with van der Waals surface area (Å²) >= 11 is 0. The molecule has 0 saturated heterocycles. The maximum Gasteiger partial charge on any atom is 0.383 e. The number of hydrogen-bond acceptors (Lipinski definition) is 5. The van der Waals surface area contributed by atoms with Crippen molar-refractivity contribution < 1.29 is 18.6 Å². The quantitative estimate of drug-likeness (QED) is 0.119. The van der Waals surface area contributed by atoms with Crippen LogP contribution in [0.5, 0.6) is 17.2 Å². The average molecular weight is 531 g/mol. The topological polar surface area (TPSA) is 57.9 Å². The van der Waals surface area contributed by atoms with Gasteiger partial charge in [-0.05, 0) is 45.7 Å². The minimum absolute atomic E-state index is 0.199. The van der Waals surface area contributed by atoms with Gasteiger partial charge in [-0.2, -0.15) is 0 Å². The number of ether oxygens (including phenoxy) is 3. The van der Waals surface area contributed by atoms with Gasteiger partial charge in [-0.1, -0.05) is 104 Å². The van der Waals surface area contributed by atoms with Gasteiger partial charge >= 0.3 is 5.63 Å². The van der Waals surface area contributed by atoms with Gasteiger partial charge in [0.25, 0.3) is 0 Å². The van der Waals surface area contributed by atoms with E-state index in [1.807, 2.05) is 32.9 Å². The van der Waals surface area contributed by atoms with Crippen molar-refractivity contribution in [2.75, 3.05) is 13.2 Å².